The molecule has 1 aromatic carbocycles. The van der Waals surface area contributed by atoms with Gasteiger partial charge in [0.25, 0.3) is 5.91 Å². The molecule has 0 saturated carbocycles. The van der Waals surface area contributed by atoms with Gasteiger partial charge >= 0.3 is 0 Å². The largest absolute Gasteiger partial charge is 0.367 e. The number of anilines is 1. The summed E-state index contributed by atoms with van der Waals surface area (Å²) in [6.07, 6.45) is 3.09. The Kier molecular flexibility index (Phi) is 6.87. The quantitative estimate of drug-likeness (QED) is 0.724. The van der Waals surface area contributed by atoms with E-state index in [0.29, 0.717) is 35.9 Å². The van der Waals surface area contributed by atoms with E-state index in [1.54, 1.807) is 48.7 Å². The highest BCUT2D eigenvalue weighted by atomic mass is 32.2. The molecule has 0 atom stereocenters. The number of hydrogen-bond acceptors (Lipinski definition) is 5. The average molecular weight is 417 g/mol. The number of piperidine rings is 1. The van der Waals surface area contributed by atoms with Crippen LogP contribution in [0.25, 0.3) is 0 Å². The van der Waals surface area contributed by atoms with Crippen molar-refractivity contribution in [2.24, 2.45) is 5.92 Å². The molecule has 1 aromatic heterocycles. The number of pyridine rings is 1. The lowest BCUT2D eigenvalue weighted by molar-refractivity contribution is 0.0942. The van der Waals surface area contributed by atoms with Gasteiger partial charge < -0.3 is 10.6 Å². The molecular weight excluding hydrogens is 388 g/mol. The fourth-order valence-corrected chi connectivity index (χ4v) is 4.90. The van der Waals surface area contributed by atoms with E-state index >= 15 is 0 Å². The summed E-state index contributed by atoms with van der Waals surface area (Å²) in [6, 6.07) is 12.2. The molecule has 2 aromatic rings. The van der Waals surface area contributed by atoms with Crippen LogP contribution >= 0.6 is 0 Å². The SMILES string of the molecule is CC(C)Nc1ncccc1C(=O)NCC1CCN(S(=O)(=O)c2ccccc2)CC1. The summed E-state index contributed by atoms with van der Waals surface area (Å²) in [5, 5.41) is 6.17. The van der Waals surface area contributed by atoms with Crippen LogP contribution < -0.4 is 10.6 Å². The van der Waals surface area contributed by atoms with Gasteiger partial charge in [0.15, 0.2) is 0 Å². The van der Waals surface area contributed by atoms with E-state index in [1.165, 1.54) is 4.31 Å². The third kappa shape index (κ3) is 5.33. The van der Waals surface area contributed by atoms with Crippen molar-refractivity contribution in [3.05, 3.63) is 54.2 Å². The zero-order chi connectivity index (χ0) is 20.9. The molecule has 2 heterocycles. The highest BCUT2D eigenvalue weighted by Crippen LogP contribution is 2.23. The van der Waals surface area contributed by atoms with Gasteiger partial charge in [-0.25, -0.2) is 13.4 Å². The standard InChI is InChI=1S/C21H28N4O3S/c1-16(2)24-20-19(9-6-12-22-20)21(26)23-15-17-10-13-25(14-11-17)29(27,28)18-7-4-3-5-8-18/h3-9,12,16-17H,10-11,13-15H2,1-2H3,(H,22,24)(H,23,26). The molecule has 29 heavy (non-hydrogen) atoms. The van der Waals surface area contributed by atoms with Crippen molar-refractivity contribution in [1.82, 2.24) is 14.6 Å². The molecule has 0 unspecified atom stereocenters. The van der Waals surface area contributed by atoms with Crippen LogP contribution in [0.2, 0.25) is 0 Å². The highest BCUT2D eigenvalue weighted by Gasteiger charge is 2.29. The number of nitrogens with one attached hydrogen (secondary N) is 2. The first-order valence-electron chi connectivity index (χ1n) is 9.93. The van der Waals surface area contributed by atoms with Crippen molar-refractivity contribution < 1.29 is 13.2 Å². The van der Waals surface area contributed by atoms with E-state index in [0.717, 1.165) is 12.8 Å². The van der Waals surface area contributed by atoms with Gasteiger partial charge in [0.2, 0.25) is 10.0 Å². The topological polar surface area (TPSA) is 91.4 Å². The highest BCUT2D eigenvalue weighted by molar-refractivity contribution is 7.89. The molecule has 3 rings (SSSR count). The number of rotatable bonds is 7. The molecular formula is C21H28N4O3S. The van der Waals surface area contributed by atoms with Crippen LogP contribution in [0.15, 0.2) is 53.6 Å². The zero-order valence-corrected chi connectivity index (χ0v) is 17.7. The summed E-state index contributed by atoms with van der Waals surface area (Å²) >= 11 is 0. The number of sulfonamides is 1. The maximum Gasteiger partial charge on any atom is 0.255 e. The van der Waals surface area contributed by atoms with E-state index in [4.69, 9.17) is 0 Å². The summed E-state index contributed by atoms with van der Waals surface area (Å²) in [5.41, 5.74) is 0.519. The number of hydrogen-bond donors (Lipinski definition) is 2. The van der Waals surface area contributed by atoms with Gasteiger partial charge in [-0.3, -0.25) is 4.79 Å². The second-order valence-electron chi connectivity index (χ2n) is 7.57. The molecule has 0 radical (unpaired) electrons. The number of carbonyl (C=O) groups excluding carboxylic acids is 1. The summed E-state index contributed by atoms with van der Waals surface area (Å²) in [5.74, 6) is 0.656. The van der Waals surface area contributed by atoms with Crippen LogP contribution in [0, 0.1) is 5.92 Å². The van der Waals surface area contributed by atoms with Gasteiger partial charge in [-0.05, 0) is 56.9 Å². The molecule has 1 aliphatic rings. The maximum atomic E-state index is 12.7. The second kappa shape index (κ2) is 9.37. The second-order valence-corrected chi connectivity index (χ2v) is 9.51. The summed E-state index contributed by atoms with van der Waals surface area (Å²) in [7, 11) is -3.45. The smallest absolute Gasteiger partial charge is 0.255 e. The Morgan fingerprint density at radius 2 is 1.83 bits per heavy atom. The molecule has 0 spiro atoms. The Morgan fingerprint density at radius 1 is 1.14 bits per heavy atom. The lowest BCUT2D eigenvalue weighted by Gasteiger charge is -2.31. The molecule has 1 saturated heterocycles. The fourth-order valence-electron chi connectivity index (χ4n) is 3.40. The van der Waals surface area contributed by atoms with Crippen LogP contribution in [0.4, 0.5) is 5.82 Å². The van der Waals surface area contributed by atoms with E-state index in [-0.39, 0.29) is 17.9 Å². The van der Waals surface area contributed by atoms with Crippen molar-refractivity contribution >= 4 is 21.7 Å². The molecule has 7 nitrogen and oxygen atoms in total. The molecule has 156 valence electrons. The predicted octanol–water partition coefficient (Wildman–Crippen LogP) is 2.73. The van der Waals surface area contributed by atoms with E-state index < -0.39 is 10.0 Å². The minimum Gasteiger partial charge on any atom is -0.367 e. The Labute approximate surface area is 172 Å². The summed E-state index contributed by atoms with van der Waals surface area (Å²) in [4.78, 5) is 17.2. The molecule has 1 fully saturated rings. The first kappa shape index (κ1) is 21.3. The Morgan fingerprint density at radius 3 is 2.48 bits per heavy atom. The Bertz CT molecular complexity index is 924. The van der Waals surface area contributed by atoms with Crippen LogP contribution in [-0.4, -0.2) is 49.3 Å². The Balaban J connectivity index is 1.54. The van der Waals surface area contributed by atoms with Gasteiger partial charge in [-0.2, -0.15) is 4.31 Å². The number of benzene rings is 1. The minimum atomic E-state index is -3.45. The zero-order valence-electron chi connectivity index (χ0n) is 16.8. The predicted molar refractivity (Wildman–Crippen MR) is 113 cm³/mol. The van der Waals surface area contributed by atoms with Crippen LogP contribution in [-0.2, 0) is 10.0 Å². The fraction of sp³-hybridized carbons (Fsp3) is 0.429. The number of carbonyl (C=O) groups is 1. The van der Waals surface area contributed by atoms with Gasteiger partial charge in [-0.1, -0.05) is 18.2 Å². The lowest BCUT2D eigenvalue weighted by Crippen LogP contribution is -2.41. The third-order valence-corrected chi connectivity index (χ3v) is 6.90. The summed E-state index contributed by atoms with van der Waals surface area (Å²) < 4.78 is 27.0. The number of aromatic nitrogens is 1. The van der Waals surface area contributed by atoms with E-state index in [9.17, 15) is 13.2 Å². The van der Waals surface area contributed by atoms with Crippen LogP contribution in [0.5, 0.6) is 0 Å². The van der Waals surface area contributed by atoms with Crippen molar-refractivity contribution in [1.29, 1.82) is 0 Å². The maximum absolute atomic E-state index is 12.7. The average Bonchev–Trinajstić information content (AvgIpc) is 2.73. The van der Waals surface area contributed by atoms with E-state index in [2.05, 4.69) is 15.6 Å². The van der Waals surface area contributed by atoms with Crippen LogP contribution in [0.1, 0.15) is 37.0 Å². The third-order valence-electron chi connectivity index (χ3n) is 4.98. The molecule has 0 bridgehead atoms. The van der Waals surface area contributed by atoms with Crippen molar-refractivity contribution in [3.63, 3.8) is 0 Å². The van der Waals surface area contributed by atoms with Gasteiger partial charge in [0.05, 0.1) is 10.5 Å². The molecule has 2 N–H and O–H groups in total. The van der Waals surface area contributed by atoms with Gasteiger partial charge in [-0.15, -0.1) is 0 Å². The summed E-state index contributed by atoms with van der Waals surface area (Å²) in [6.45, 7) is 5.44. The van der Waals surface area contributed by atoms with Crippen molar-refractivity contribution in [2.45, 2.75) is 37.6 Å². The lowest BCUT2D eigenvalue weighted by atomic mass is 9.98. The molecule has 8 heteroatoms. The first-order chi connectivity index (χ1) is 13.9. The molecule has 1 aliphatic heterocycles. The van der Waals surface area contributed by atoms with Crippen molar-refractivity contribution in [2.75, 3.05) is 25.0 Å². The number of nitrogens with zero attached hydrogens (tertiary/aromatic N) is 2. The normalized spacial score (nSPS) is 16.0. The van der Waals surface area contributed by atoms with Crippen LogP contribution in [0.3, 0.4) is 0 Å². The van der Waals surface area contributed by atoms with Gasteiger partial charge in [0, 0.05) is 31.9 Å². The van der Waals surface area contributed by atoms with E-state index in [1.807, 2.05) is 13.8 Å². The monoisotopic (exact) mass is 416 g/mol. The minimum absolute atomic E-state index is 0.166. The molecule has 1 amide bonds. The van der Waals surface area contributed by atoms with Gasteiger partial charge in [0.1, 0.15) is 5.82 Å². The Hall–Kier alpha value is -2.45. The van der Waals surface area contributed by atoms with Crippen molar-refractivity contribution in [3.8, 4) is 0 Å². The number of amides is 1. The molecule has 0 aliphatic carbocycles. The first-order valence-corrected chi connectivity index (χ1v) is 11.4.